The van der Waals surface area contributed by atoms with Gasteiger partial charge in [-0.15, -0.1) is 0 Å². The van der Waals surface area contributed by atoms with E-state index in [1.165, 1.54) is 0 Å². The number of nitrogens with one attached hydrogen (secondary N) is 1. The van der Waals surface area contributed by atoms with Crippen molar-refractivity contribution in [3.8, 4) is 23.0 Å². The van der Waals surface area contributed by atoms with Crippen molar-refractivity contribution in [1.29, 1.82) is 0 Å². The van der Waals surface area contributed by atoms with Gasteiger partial charge in [-0.25, -0.2) is 0 Å². The third-order valence-corrected chi connectivity index (χ3v) is 5.48. The van der Waals surface area contributed by atoms with Crippen LogP contribution in [0.1, 0.15) is 0 Å². The molecule has 0 saturated heterocycles. The van der Waals surface area contributed by atoms with Crippen molar-refractivity contribution >= 4 is 32.6 Å². The molecular weight excluding hydrogens is 386 g/mol. The van der Waals surface area contributed by atoms with Crippen molar-refractivity contribution in [2.45, 2.75) is 6.54 Å². The van der Waals surface area contributed by atoms with Gasteiger partial charge in [0.2, 0.25) is 6.79 Å². The van der Waals surface area contributed by atoms with Crippen LogP contribution in [-0.2, 0) is 6.54 Å². The van der Waals surface area contributed by atoms with Crippen molar-refractivity contribution < 1.29 is 18.9 Å². The third kappa shape index (κ3) is 2.64. The molecule has 4 aromatic rings. The van der Waals surface area contributed by atoms with Crippen molar-refractivity contribution in [2.75, 3.05) is 34.6 Å². The van der Waals surface area contributed by atoms with Crippen LogP contribution in [0.4, 0.5) is 0 Å². The Labute approximate surface area is 171 Å². The molecule has 0 amide bonds. The monoisotopic (exact) mass is 407 g/mol. The number of rotatable bonds is 5. The molecule has 2 aromatic heterocycles. The lowest BCUT2D eigenvalue weighted by molar-refractivity contribution is 0.174. The molecule has 0 aliphatic carbocycles. The number of hydrogen-bond acceptors (Lipinski definition) is 7. The highest BCUT2D eigenvalue weighted by Gasteiger charge is 2.20. The van der Waals surface area contributed by atoms with Crippen LogP contribution >= 0.6 is 0 Å². The van der Waals surface area contributed by atoms with Gasteiger partial charge in [0, 0.05) is 41.5 Å². The first-order chi connectivity index (χ1) is 14.7. The second-order valence-corrected chi connectivity index (χ2v) is 7.06. The molecule has 8 heteroatoms. The smallest absolute Gasteiger partial charge is 0.259 e. The number of hydrogen-bond donors (Lipinski definition) is 1. The molecule has 1 aliphatic rings. The average molecular weight is 407 g/mol. The first kappa shape index (κ1) is 18.5. The predicted octanol–water partition coefficient (Wildman–Crippen LogP) is 2.67. The predicted molar refractivity (Wildman–Crippen MR) is 114 cm³/mol. The summed E-state index contributed by atoms with van der Waals surface area (Å²) < 4.78 is 23.7. The quantitative estimate of drug-likeness (QED) is 0.509. The van der Waals surface area contributed by atoms with Crippen molar-refractivity contribution in [3.63, 3.8) is 0 Å². The number of aromatic nitrogens is 2. The summed E-state index contributed by atoms with van der Waals surface area (Å²) in [6, 6.07) is 7.31. The minimum absolute atomic E-state index is 0.0983. The van der Waals surface area contributed by atoms with Crippen LogP contribution in [0.15, 0.2) is 35.3 Å². The number of methoxy groups -OCH3 is 2. The Bertz CT molecular complexity index is 1360. The van der Waals surface area contributed by atoms with Gasteiger partial charge in [0.05, 0.1) is 30.6 Å². The minimum atomic E-state index is -0.0983. The SMILES string of the molecule is CNCCn1c(=O)c2cc(OC)c(OC)cc2c2cnc3cc4c(cc3c21)OCO4. The van der Waals surface area contributed by atoms with E-state index < -0.39 is 0 Å². The number of nitrogens with zero attached hydrogens (tertiary/aromatic N) is 2. The zero-order chi connectivity index (χ0) is 20.8. The number of ether oxygens (including phenoxy) is 4. The van der Waals surface area contributed by atoms with E-state index in [0.717, 1.165) is 27.2 Å². The minimum Gasteiger partial charge on any atom is -0.493 e. The number of likely N-dealkylation sites (N-methyl/N-ethyl adjacent to an activating group) is 1. The Hall–Kier alpha value is -3.52. The average Bonchev–Trinajstić information content (AvgIpc) is 3.23. The summed E-state index contributed by atoms with van der Waals surface area (Å²) >= 11 is 0. The van der Waals surface area contributed by atoms with Crippen molar-refractivity contribution in [2.24, 2.45) is 0 Å². The molecule has 1 aliphatic heterocycles. The molecule has 0 fully saturated rings. The maximum atomic E-state index is 13.6. The van der Waals surface area contributed by atoms with Gasteiger partial charge in [-0.3, -0.25) is 9.78 Å². The van der Waals surface area contributed by atoms with Gasteiger partial charge in [0.25, 0.3) is 5.56 Å². The molecule has 3 heterocycles. The topological polar surface area (TPSA) is 83.8 Å². The van der Waals surface area contributed by atoms with Crippen LogP contribution < -0.4 is 29.8 Å². The summed E-state index contributed by atoms with van der Waals surface area (Å²) in [5.74, 6) is 2.38. The van der Waals surface area contributed by atoms with Gasteiger partial charge < -0.3 is 28.8 Å². The summed E-state index contributed by atoms with van der Waals surface area (Å²) in [6.07, 6.45) is 1.80. The molecule has 30 heavy (non-hydrogen) atoms. The summed E-state index contributed by atoms with van der Waals surface area (Å²) in [4.78, 5) is 18.2. The van der Waals surface area contributed by atoms with Crippen LogP contribution in [0, 0.1) is 0 Å². The van der Waals surface area contributed by atoms with Gasteiger partial charge >= 0.3 is 0 Å². The number of fused-ring (bicyclic) bond motifs is 6. The van der Waals surface area contributed by atoms with Gasteiger partial charge in [-0.05, 0) is 25.2 Å². The molecule has 0 saturated carbocycles. The van der Waals surface area contributed by atoms with E-state index in [0.29, 0.717) is 41.5 Å². The van der Waals surface area contributed by atoms with Gasteiger partial charge in [-0.2, -0.15) is 0 Å². The molecule has 0 atom stereocenters. The van der Waals surface area contributed by atoms with E-state index in [9.17, 15) is 4.79 Å². The molecule has 8 nitrogen and oxygen atoms in total. The Morgan fingerprint density at radius 1 is 1.00 bits per heavy atom. The van der Waals surface area contributed by atoms with E-state index in [4.69, 9.17) is 18.9 Å². The molecule has 2 aromatic carbocycles. The second kappa shape index (κ2) is 7.07. The standard InChI is InChI=1S/C22H21N3O5/c1-23-4-5-25-21-14-8-19-20(30-11-29-19)9-16(14)24-10-15(21)12-6-17(27-2)18(28-3)7-13(12)22(25)26/h6-10,23H,4-5,11H2,1-3H3. The first-order valence-corrected chi connectivity index (χ1v) is 9.61. The van der Waals surface area contributed by atoms with Crippen molar-refractivity contribution in [3.05, 3.63) is 40.8 Å². The summed E-state index contributed by atoms with van der Waals surface area (Å²) in [5, 5.41) is 6.13. The molecule has 0 bridgehead atoms. The Morgan fingerprint density at radius 3 is 2.40 bits per heavy atom. The molecule has 5 rings (SSSR count). The van der Waals surface area contributed by atoms with Crippen LogP contribution in [0.25, 0.3) is 32.6 Å². The fraction of sp³-hybridized carbons (Fsp3) is 0.273. The fourth-order valence-electron chi connectivity index (χ4n) is 4.02. The zero-order valence-electron chi connectivity index (χ0n) is 16.9. The van der Waals surface area contributed by atoms with E-state index in [1.54, 1.807) is 31.0 Å². The summed E-state index contributed by atoms with van der Waals surface area (Å²) in [5.41, 5.74) is 1.45. The first-order valence-electron chi connectivity index (χ1n) is 9.61. The molecular formula is C22H21N3O5. The van der Waals surface area contributed by atoms with E-state index >= 15 is 0 Å². The maximum Gasteiger partial charge on any atom is 0.259 e. The van der Waals surface area contributed by atoms with E-state index in [2.05, 4.69) is 10.3 Å². The zero-order valence-corrected chi connectivity index (χ0v) is 16.9. The molecule has 0 spiro atoms. The fourth-order valence-corrected chi connectivity index (χ4v) is 4.02. The Kier molecular flexibility index (Phi) is 4.36. The molecule has 0 radical (unpaired) electrons. The maximum absolute atomic E-state index is 13.6. The lowest BCUT2D eigenvalue weighted by atomic mass is 10.0. The highest BCUT2D eigenvalue weighted by molar-refractivity contribution is 6.15. The normalized spacial score (nSPS) is 12.8. The van der Waals surface area contributed by atoms with Gasteiger partial charge in [-0.1, -0.05) is 0 Å². The van der Waals surface area contributed by atoms with Crippen molar-refractivity contribution in [1.82, 2.24) is 14.9 Å². The van der Waals surface area contributed by atoms with E-state index in [-0.39, 0.29) is 12.4 Å². The molecule has 0 unspecified atom stereocenters. The Balaban J connectivity index is 1.96. The highest BCUT2D eigenvalue weighted by Crippen LogP contribution is 2.40. The van der Waals surface area contributed by atoms with Crippen LogP contribution in [0.2, 0.25) is 0 Å². The lowest BCUT2D eigenvalue weighted by Gasteiger charge is -2.17. The van der Waals surface area contributed by atoms with Crippen LogP contribution in [0.3, 0.4) is 0 Å². The second-order valence-electron chi connectivity index (χ2n) is 7.06. The highest BCUT2D eigenvalue weighted by atomic mass is 16.7. The number of benzene rings is 2. The van der Waals surface area contributed by atoms with E-state index in [1.807, 2.05) is 25.2 Å². The number of pyridine rings is 2. The van der Waals surface area contributed by atoms with Crippen LogP contribution in [-0.4, -0.2) is 44.2 Å². The van der Waals surface area contributed by atoms with Crippen LogP contribution in [0.5, 0.6) is 23.0 Å². The molecule has 154 valence electrons. The third-order valence-electron chi connectivity index (χ3n) is 5.48. The largest absolute Gasteiger partial charge is 0.493 e. The summed E-state index contributed by atoms with van der Waals surface area (Å²) in [7, 11) is 5.00. The lowest BCUT2D eigenvalue weighted by Crippen LogP contribution is -2.26. The summed E-state index contributed by atoms with van der Waals surface area (Å²) in [6.45, 7) is 1.32. The Morgan fingerprint density at radius 2 is 1.70 bits per heavy atom. The van der Waals surface area contributed by atoms with Gasteiger partial charge in [0.1, 0.15) is 0 Å². The van der Waals surface area contributed by atoms with Gasteiger partial charge in [0.15, 0.2) is 23.0 Å². The molecule has 1 N–H and O–H groups in total.